The van der Waals surface area contributed by atoms with Gasteiger partial charge in [0.2, 0.25) is 5.91 Å². The third kappa shape index (κ3) is 6.76. The fourth-order valence-electron chi connectivity index (χ4n) is 3.55. The first-order valence-corrected chi connectivity index (χ1v) is 11.5. The van der Waals surface area contributed by atoms with Gasteiger partial charge in [-0.15, -0.1) is 0 Å². The van der Waals surface area contributed by atoms with Gasteiger partial charge in [0.05, 0.1) is 37.3 Å². The maximum atomic E-state index is 13.0. The molecule has 1 aliphatic heterocycles. The minimum Gasteiger partial charge on any atom is -0.490 e. The fourth-order valence-corrected chi connectivity index (χ4v) is 3.82. The molecule has 8 nitrogen and oxygen atoms in total. The molecule has 0 radical (unpaired) electrons. The molecular weight excluding hydrogens is 436 g/mol. The van der Waals surface area contributed by atoms with Crippen molar-refractivity contribution in [3.63, 3.8) is 0 Å². The smallest absolute Gasteiger partial charge is 0.310 e. The van der Waals surface area contributed by atoms with Crippen molar-refractivity contribution in [3.8, 4) is 11.5 Å². The SMILES string of the molecule is CCCOc1c(Cl)cc(C(=O)N(C)CC(=O)N2CCCC(C(=O)OCC)C2)cc1OCC. The van der Waals surface area contributed by atoms with Crippen molar-refractivity contribution < 1.29 is 28.6 Å². The number of likely N-dealkylation sites (N-methyl/N-ethyl adjacent to an activating group) is 1. The average Bonchev–Trinajstić information content (AvgIpc) is 2.78. The Balaban J connectivity index is 2.08. The van der Waals surface area contributed by atoms with Crippen LogP contribution in [0.15, 0.2) is 12.1 Å². The molecule has 32 heavy (non-hydrogen) atoms. The lowest BCUT2D eigenvalue weighted by Gasteiger charge is -2.32. The maximum absolute atomic E-state index is 13.0. The number of amides is 2. The van der Waals surface area contributed by atoms with E-state index in [4.69, 9.17) is 25.8 Å². The molecule has 178 valence electrons. The van der Waals surface area contributed by atoms with E-state index >= 15 is 0 Å². The summed E-state index contributed by atoms with van der Waals surface area (Å²) in [5.41, 5.74) is 0.306. The van der Waals surface area contributed by atoms with E-state index in [0.29, 0.717) is 56.4 Å². The van der Waals surface area contributed by atoms with E-state index in [1.807, 2.05) is 13.8 Å². The Kier molecular flexibility index (Phi) is 10.1. The van der Waals surface area contributed by atoms with Gasteiger partial charge in [0.25, 0.3) is 5.91 Å². The van der Waals surface area contributed by atoms with Gasteiger partial charge in [-0.2, -0.15) is 0 Å². The topological polar surface area (TPSA) is 85.4 Å². The van der Waals surface area contributed by atoms with Crippen molar-refractivity contribution in [2.24, 2.45) is 5.92 Å². The first kappa shape index (κ1) is 25.8. The zero-order valence-corrected chi connectivity index (χ0v) is 20.1. The van der Waals surface area contributed by atoms with Crippen LogP contribution in [0.5, 0.6) is 11.5 Å². The molecule has 1 fully saturated rings. The summed E-state index contributed by atoms with van der Waals surface area (Å²) < 4.78 is 16.4. The molecule has 0 saturated carbocycles. The number of halogens is 1. The number of likely N-dealkylation sites (tertiary alicyclic amines) is 1. The lowest BCUT2D eigenvalue weighted by Crippen LogP contribution is -2.47. The molecule has 1 aromatic rings. The third-order valence-corrected chi connectivity index (χ3v) is 5.40. The molecule has 9 heteroatoms. The summed E-state index contributed by atoms with van der Waals surface area (Å²) in [5, 5.41) is 0.279. The Labute approximate surface area is 194 Å². The second kappa shape index (κ2) is 12.5. The molecule has 1 aromatic carbocycles. The molecule has 0 spiro atoms. The molecule has 1 unspecified atom stereocenters. The van der Waals surface area contributed by atoms with Gasteiger partial charge in [-0.3, -0.25) is 14.4 Å². The Bertz CT molecular complexity index is 816. The third-order valence-electron chi connectivity index (χ3n) is 5.12. The zero-order chi connectivity index (χ0) is 23.7. The van der Waals surface area contributed by atoms with Crippen LogP contribution in [-0.2, 0) is 14.3 Å². The Hall–Kier alpha value is -2.48. The highest BCUT2D eigenvalue weighted by atomic mass is 35.5. The van der Waals surface area contributed by atoms with Crippen molar-refractivity contribution in [1.82, 2.24) is 9.80 Å². The second-order valence-electron chi connectivity index (χ2n) is 7.66. The average molecular weight is 469 g/mol. The van der Waals surface area contributed by atoms with Gasteiger partial charge in [-0.05, 0) is 45.2 Å². The minimum atomic E-state index is -0.359. The number of hydrogen-bond donors (Lipinski definition) is 0. The number of rotatable bonds is 10. The number of carbonyl (C=O) groups is 3. The number of benzene rings is 1. The molecule has 2 amide bonds. The highest BCUT2D eigenvalue weighted by Gasteiger charge is 2.30. The van der Waals surface area contributed by atoms with Crippen molar-refractivity contribution in [2.75, 3.05) is 46.5 Å². The van der Waals surface area contributed by atoms with E-state index in [0.717, 1.165) is 12.8 Å². The summed E-state index contributed by atoms with van der Waals surface area (Å²) >= 11 is 6.36. The van der Waals surface area contributed by atoms with Crippen LogP contribution in [0.1, 0.15) is 50.4 Å². The number of esters is 1. The highest BCUT2D eigenvalue weighted by Crippen LogP contribution is 2.37. The summed E-state index contributed by atoms with van der Waals surface area (Å²) in [6.07, 6.45) is 2.23. The van der Waals surface area contributed by atoms with Gasteiger partial charge in [0.1, 0.15) is 0 Å². The van der Waals surface area contributed by atoms with E-state index < -0.39 is 0 Å². The monoisotopic (exact) mass is 468 g/mol. The lowest BCUT2D eigenvalue weighted by atomic mass is 9.98. The standard InChI is InChI=1S/C23H33ClN2O6/c1-5-11-32-21-18(24)12-17(13-19(21)30-6-2)22(28)25(4)15-20(27)26-10-8-9-16(14-26)23(29)31-7-3/h12-13,16H,5-11,14-15H2,1-4H3. The summed E-state index contributed by atoms with van der Waals surface area (Å²) in [6.45, 7) is 7.51. The van der Waals surface area contributed by atoms with Crippen LogP contribution in [0, 0.1) is 5.92 Å². The molecule has 0 aliphatic carbocycles. The largest absolute Gasteiger partial charge is 0.490 e. The van der Waals surface area contributed by atoms with Crippen molar-refractivity contribution in [3.05, 3.63) is 22.7 Å². The van der Waals surface area contributed by atoms with Crippen LogP contribution in [0.2, 0.25) is 5.02 Å². The molecular formula is C23H33ClN2O6. The van der Waals surface area contributed by atoms with Gasteiger partial charge in [-0.1, -0.05) is 18.5 Å². The van der Waals surface area contributed by atoms with Crippen LogP contribution in [0.4, 0.5) is 0 Å². The zero-order valence-electron chi connectivity index (χ0n) is 19.3. The minimum absolute atomic E-state index is 0.107. The Morgan fingerprint density at radius 1 is 1.16 bits per heavy atom. The summed E-state index contributed by atoms with van der Waals surface area (Å²) in [6, 6.07) is 3.11. The van der Waals surface area contributed by atoms with Gasteiger partial charge in [0, 0.05) is 25.7 Å². The summed E-state index contributed by atoms with van der Waals surface area (Å²) in [4.78, 5) is 40.8. The van der Waals surface area contributed by atoms with E-state index in [1.54, 1.807) is 24.9 Å². The van der Waals surface area contributed by atoms with Gasteiger partial charge >= 0.3 is 5.97 Å². The summed E-state index contributed by atoms with van der Waals surface area (Å²) in [5.74, 6) is -0.375. The normalized spacial score (nSPS) is 15.8. The van der Waals surface area contributed by atoms with Crippen molar-refractivity contribution in [1.29, 1.82) is 0 Å². The van der Waals surface area contributed by atoms with Gasteiger partial charge in [-0.25, -0.2) is 0 Å². The van der Waals surface area contributed by atoms with Crippen LogP contribution in [-0.4, -0.2) is 74.1 Å². The first-order chi connectivity index (χ1) is 15.3. The summed E-state index contributed by atoms with van der Waals surface area (Å²) in [7, 11) is 1.56. The first-order valence-electron chi connectivity index (χ1n) is 11.1. The van der Waals surface area contributed by atoms with Crippen molar-refractivity contribution in [2.45, 2.75) is 40.0 Å². The Morgan fingerprint density at radius 3 is 2.56 bits per heavy atom. The lowest BCUT2D eigenvalue weighted by molar-refractivity contribution is -0.151. The van der Waals surface area contributed by atoms with Crippen LogP contribution in [0.3, 0.4) is 0 Å². The molecule has 1 atom stereocenters. The van der Waals surface area contributed by atoms with Crippen molar-refractivity contribution >= 4 is 29.4 Å². The number of piperidine rings is 1. The number of carbonyl (C=O) groups excluding carboxylic acids is 3. The van der Waals surface area contributed by atoms with Gasteiger partial charge in [0.15, 0.2) is 11.5 Å². The molecule has 0 N–H and O–H groups in total. The number of nitrogens with zero attached hydrogens (tertiary/aromatic N) is 2. The quantitative estimate of drug-likeness (QED) is 0.489. The Morgan fingerprint density at radius 2 is 1.91 bits per heavy atom. The molecule has 1 saturated heterocycles. The fraction of sp³-hybridized carbons (Fsp3) is 0.609. The highest BCUT2D eigenvalue weighted by molar-refractivity contribution is 6.32. The molecule has 1 aliphatic rings. The van der Waals surface area contributed by atoms with E-state index in [9.17, 15) is 14.4 Å². The predicted molar refractivity (Wildman–Crippen MR) is 121 cm³/mol. The predicted octanol–water partition coefficient (Wildman–Crippen LogP) is 3.40. The second-order valence-corrected chi connectivity index (χ2v) is 8.07. The van der Waals surface area contributed by atoms with Crippen LogP contribution in [0.25, 0.3) is 0 Å². The maximum Gasteiger partial charge on any atom is 0.310 e. The molecule has 2 rings (SSSR count). The molecule has 1 heterocycles. The van der Waals surface area contributed by atoms with E-state index in [-0.39, 0.29) is 35.3 Å². The van der Waals surface area contributed by atoms with Crippen LogP contribution >= 0.6 is 11.6 Å². The van der Waals surface area contributed by atoms with Gasteiger partial charge < -0.3 is 24.0 Å². The van der Waals surface area contributed by atoms with Crippen LogP contribution < -0.4 is 9.47 Å². The number of hydrogen-bond acceptors (Lipinski definition) is 6. The van der Waals surface area contributed by atoms with E-state index in [1.165, 1.54) is 11.0 Å². The molecule has 0 aromatic heterocycles. The number of ether oxygens (including phenoxy) is 3. The van der Waals surface area contributed by atoms with E-state index in [2.05, 4.69) is 0 Å². The molecule has 0 bridgehead atoms.